The number of carbonyl (C=O) groups is 1. The fourth-order valence-corrected chi connectivity index (χ4v) is 1.73. The Morgan fingerprint density at radius 1 is 1.62 bits per heavy atom. The molecule has 0 aliphatic rings. The lowest BCUT2D eigenvalue weighted by Crippen LogP contribution is -2.11. The molecule has 0 saturated heterocycles. The van der Waals surface area contributed by atoms with Gasteiger partial charge in [-0.3, -0.25) is 9.78 Å². The first-order valence-corrected chi connectivity index (χ1v) is 5.54. The minimum Gasteiger partial charge on any atom is -0.469 e. The van der Waals surface area contributed by atoms with E-state index in [0.29, 0.717) is 5.56 Å². The zero-order chi connectivity index (χ0) is 12.3. The maximum absolute atomic E-state index is 12.7. The minimum absolute atomic E-state index is 0.175. The van der Waals surface area contributed by atoms with Crippen LogP contribution in [0.1, 0.15) is 23.2 Å². The third-order valence-electron chi connectivity index (χ3n) is 2.19. The second-order valence-corrected chi connectivity index (χ2v) is 4.31. The Kier molecular flexibility index (Phi) is 4.57. The summed E-state index contributed by atoms with van der Waals surface area (Å²) < 4.78 is 30.6. The van der Waals surface area contributed by atoms with E-state index in [0.717, 1.165) is 3.57 Å². The summed E-state index contributed by atoms with van der Waals surface area (Å²) in [5, 5.41) is 0. The number of hydrogen-bond acceptors (Lipinski definition) is 3. The van der Waals surface area contributed by atoms with Gasteiger partial charge in [-0.15, -0.1) is 0 Å². The molecule has 0 spiro atoms. The van der Waals surface area contributed by atoms with E-state index < -0.39 is 12.4 Å². The second-order valence-electron chi connectivity index (χ2n) is 3.15. The molecule has 0 radical (unpaired) electrons. The van der Waals surface area contributed by atoms with Gasteiger partial charge in [-0.1, -0.05) is 0 Å². The van der Waals surface area contributed by atoms with Crippen molar-refractivity contribution in [2.24, 2.45) is 0 Å². The number of pyridine rings is 1. The van der Waals surface area contributed by atoms with Crippen molar-refractivity contribution in [3.05, 3.63) is 26.6 Å². The van der Waals surface area contributed by atoms with E-state index in [4.69, 9.17) is 0 Å². The van der Waals surface area contributed by atoms with Crippen molar-refractivity contribution >= 4 is 28.6 Å². The number of aromatic nitrogens is 1. The van der Waals surface area contributed by atoms with Gasteiger partial charge in [0.25, 0.3) is 6.43 Å². The van der Waals surface area contributed by atoms with Gasteiger partial charge in [0.05, 0.1) is 13.5 Å². The standard InChI is InChI=1S/C10H10F2INO2/c1-5-6(3-8(15)16-2)9(10(11)12)14-4-7(5)13/h4,10H,3H2,1-2H3. The molecule has 0 N–H and O–H groups in total. The molecule has 0 saturated carbocycles. The van der Waals surface area contributed by atoms with E-state index in [1.54, 1.807) is 6.92 Å². The first-order valence-electron chi connectivity index (χ1n) is 4.46. The highest BCUT2D eigenvalue weighted by molar-refractivity contribution is 14.1. The zero-order valence-electron chi connectivity index (χ0n) is 8.76. The average Bonchev–Trinajstić information content (AvgIpc) is 2.24. The number of carbonyl (C=O) groups excluding carboxylic acids is 1. The van der Waals surface area contributed by atoms with Crippen molar-refractivity contribution in [2.75, 3.05) is 7.11 Å². The number of halogens is 3. The number of ether oxygens (including phenoxy) is 1. The quantitative estimate of drug-likeness (QED) is 0.627. The first-order chi connectivity index (χ1) is 7.47. The number of methoxy groups -OCH3 is 1. The van der Waals surface area contributed by atoms with Crippen LogP contribution in [0.25, 0.3) is 0 Å². The van der Waals surface area contributed by atoms with E-state index >= 15 is 0 Å². The molecule has 0 fully saturated rings. The van der Waals surface area contributed by atoms with Crippen LogP contribution in [0.5, 0.6) is 0 Å². The lowest BCUT2D eigenvalue weighted by atomic mass is 10.0. The first kappa shape index (κ1) is 13.3. The summed E-state index contributed by atoms with van der Waals surface area (Å²) in [7, 11) is 1.22. The third kappa shape index (κ3) is 2.87. The van der Waals surface area contributed by atoms with Gasteiger partial charge >= 0.3 is 5.97 Å². The topological polar surface area (TPSA) is 39.2 Å². The maximum atomic E-state index is 12.7. The van der Waals surface area contributed by atoms with E-state index in [1.165, 1.54) is 13.3 Å². The number of esters is 1. The van der Waals surface area contributed by atoms with Gasteiger partial charge in [0.15, 0.2) is 0 Å². The summed E-state index contributed by atoms with van der Waals surface area (Å²) in [5.41, 5.74) is 0.563. The van der Waals surface area contributed by atoms with Crippen molar-refractivity contribution in [1.82, 2.24) is 4.98 Å². The molecular formula is C10H10F2INO2. The molecule has 3 nitrogen and oxygen atoms in total. The predicted octanol–water partition coefficient (Wildman–Crippen LogP) is 2.65. The summed E-state index contributed by atoms with van der Waals surface area (Å²) >= 11 is 1.99. The van der Waals surface area contributed by atoms with E-state index in [-0.39, 0.29) is 17.7 Å². The van der Waals surface area contributed by atoms with Gasteiger partial charge in [-0.2, -0.15) is 0 Å². The lowest BCUT2D eigenvalue weighted by Gasteiger charge is -2.11. The molecule has 6 heteroatoms. The SMILES string of the molecule is COC(=O)Cc1c(C(F)F)ncc(I)c1C. The highest BCUT2D eigenvalue weighted by atomic mass is 127. The van der Waals surface area contributed by atoms with Gasteiger partial charge in [-0.05, 0) is 40.6 Å². The van der Waals surface area contributed by atoms with Gasteiger partial charge in [0, 0.05) is 9.77 Å². The summed E-state index contributed by atoms with van der Waals surface area (Å²) in [5.74, 6) is -0.547. The fraction of sp³-hybridized carbons (Fsp3) is 0.400. The molecule has 16 heavy (non-hydrogen) atoms. The summed E-state index contributed by atoms with van der Waals surface area (Å²) in [4.78, 5) is 14.8. The molecular weight excluding hydrogens is 331 g/mol. The van der Waals surface area contributed by atoms with E-state index in [1.807, 2.05) is 22.6 Å². The Bertz CT molecular complexity index is 410. The highest BCUT2D eigenvalue weighted by Crippen LogP contribution is 2.26. The average molecular weight is 341 g/mol. The number of hydrogen-bond donors (Lipinski definition) is 0. The van der Waals surface area contributed by atoms with Crippen LogP contribution >= 0.6 is 22.6 Å². The molecule has 0 bridgehead atoms. The van der Waals surface area contributed by atoms with Crippen LogP contribution in [0.15, 0.2) is 6.20 Å². The maximum Gasteiger partial charge on any atom is 0.310 e. The molecule has 1 aromatic rings. The normalized spacial score (nSPS) is 10.6. The Hall–Kier alpha value is -0.790. The predicted molar refractivity (Wildman–Crippen MR) is 62.4 cm³/mol. The Labute approximate surface area is 105 Å². The number of nitrogens with zero attached hydrogens (tertiary/aromatic N) is 1. The van der Waals surface area contributed by atoms with Crippen LogP contribution in [-0.2, 0) is 16.0 Å². The molecule has 0 aliphatic carbocycles. The van der Waals surface area contributed by atoms with Crippen LogP contribution in [0.4, 0.5) is 8.78 Å². The molecule has 1 heterocycles. The van der Waals surface area contributed by atoms with Gasteiger partial charge in [0.2, 0.25) is 0 Å². The molecule has 0 aliphatic heterocycles. The molecule has 0 atom stereocenters. The van der Waals surface area contributed by atoms with E-state index in [9.17, 15) is 13.6 Å². The molecule has 0 amide bonds. The van der Waals surface area contributed by atoms with Crippen LogP contribution in [0.3, 0.4) is 0 Å². The fourth-order valence-electron chi connectivity index (χ4n) is 1.26. The third-order valence-corrected chi connectivity index (χ3v) is 3.28. The van der Waals surface area contributed by atoms with Crippen LogP contribution in [0.2, 0.25) is 0 Å². The number of alkyl halides is 2. The van der Waals surface area contributed by atoms with Crippen molar-refractivity contribution in [3.63, 3.8) is 0 Å². The Morgan fingerprint density at radius 2 is 2.25 bits per heavy atom. The van der Waals surface area contributed by atoms with Crippen molar-refractivity contribution < 1.29 is 18.3 Å². The number of rotatable bonds is 3. The van der Waals surface area contributed by atoms with Crippen LogP contribution < -0.4 is 0 Å². The smallest absolute Gasteiger partial charge is 0.310 e. The molecule has 88 valence electrons. The molecule has 1 rings (SSSR count). The largest absolute Gasteiger partial charge is 0.469 e. The molecule has 0 unspecified atom stereocenters. The van der Waals surface area contributed by atoms with Crippen molar-refractivity contribution in [3.8, 4) is 0 Å². The second kappa shape index (κ2) is 5.51. The Morgan fingerprint density at radius 3 is 2.75 bits per heavy atom. The zero-order valence-corrected chi connectivity index (χ0v) is 10.9. The summed E-state index contributed by atoms with van der Waals surface area (Å²) in [6, 6.07) is 0. The van der Waals surface area contributed by atoms with Gasteiger partial charge in [-0.25, -0.2) is 8.78 Å². The van der Waals surface area contributed by atoms with Crippen LogP contribution in [-0.4, -0.2) is 18.1 Å². The van der Waals surface area contributed by atoms with E-state index in [2.05, 4.69) is 9.72 Å². The van der Waals surface area contributed by atoms with Crippen molar-refractivity contribution in [2.45, 2.75) is 19.8 Å². The highest BCUT2D eigenvalue weighted by Gasteiger charge is 2.20. The summed E-state index contributed by atoms with van der Waals surface area (Å²) in [6.45, 7) is 1.69. The molecule has 0 aromatic carbocycles. The summed E-state index contributed by atoms with van der Waals surface area (Å²) in [6.07, 6.45) is -1.49. The lowest BCUT2D eigenvalue weighted by molar-refractivity contribution is -0.139. The molecule has 1 aromatic heterocycles. The van der Waals surface area contributed by atoms with Crippen molar-refractivity contribution in [1.29, 1.82) is 0 Å². The minimum atomic E-state index is -2.68. The monoisotopic (exact) mass is 341 g/mol. The van der Waals surface area contributed by atoms with Crippen LogP contribution in [0, 0.1) is 10.5 Å². The van der Waals surface area contributed by atoms with Gasteiger partial charge in [0.1, 0.15) is 5.69 Å². The Balaban J connectivity index is 3.20. The van der Waals surface area contributed by atoms with Gasteiger partial charge < -0.3 is 4.74 Å².